The number of aromatic nitrogens is 3. The lowest BCUT2D eigenvalue weighted by Gasteiger charge is -2.43. The van der Waals surface area contributed by atoms with Crippen molar-refractivity contribution in [1.82, 2.24) is 29.2 Å². The summed E-state index contributed by atoms with van der Waals surface area (Å²) >= 11 is 6.41. The molecule has 242 valence electrons. The van der Waals surface area contributed by atoms with Gasteiger partial charge < -0.3 is 18.9 Å². The molecule has 2 aromatic heterocycles. The van der Waals surface area contributed by atoms with Crippen molar-refractivity contribution in [3.8, 4) is 5.75 Å². The Labute approximate surface area is 274 Å². The number of aryl methyl sites for hydroxylation is 1. The first-order chi connectivity index (χ1) is 22.0. The first-order valence-electron chi connectivity index (χ1n) is 16.4. The largest absolute Gasteiger partial charge is 0.488 e. The molecule has 0 N–H and O–H groups in total. The summed E-state index contributed by atoms with van der Waals surface area (Å²) in [6.45, 7) is 10.9. The Balaban J connectivity index is 1.08. The molecule has 8 rings (SSSR count). The van der Waals surface area contributed by atoms with E-state index in [1.165, 1.54) is 0 Å². The highest BCUT2D eigenvalue weighted by atomic mass is 35.5. The smallest absolute Gasteiger partial charge is 0.411 e. The number of halogens is 1. The van der Waals surface area contributed by atoms with Crippen molar-refractivity contribution >= 4 is 23.6 Å². The van der Waals surface area contributed by atoms with Gasteiger partial charge in [-0.2, -0.15) is 0 Å². The van der Waals surface area contributed by atoms with Gasteiger partial charge in [-0.05, 0) is 65.2 Å². The molecule has 4 fully saturated rings. The highest BCUT2D eigenvalue weighted by Crippen LogP contribution is 2.62. The summed E-state index contributed by atoms with van der Waals surface area (Å²) < 4.78 is 14.3. The van der Waals surface area contributed by atoms with E-state index in [0.29, 0.717) is 50.4 Å². The van der Waals surface area contributed by atoms with Crippen LogP contribution in [-0.2, 0) is 21.6 Å². The van der Waals surface area contributed by atoms with E-state index in [-0.39, 0.29) is 22.8 Å². The van der Waals surface area contributed by atoms with Crippen molar-refractivity contribution in [2.75, 3.05) is 32.7 Å². The fourth-order valence-electron chi connectivity index (χ4n) is 8.38. The summed E-state index contributed by atoms with van der Waals surface area (Å²) in [5.74, 6) is 0.784. The normalized spacial score (nSPS) is 30.1. The molecule has 1 aromatic carbocycles. The summed E-state index contributed by atoms with van der Waals surface area (Å²) in [4.78, 5) is 43.4. The fraction of sp³-hybridized carbons (Fsp3) is 0.543. The number of rotatable bonds is 3. The van der Waals surface area contributed by atoms with Crippen LogP contribution in [0.3, 0.4) is 0 Å². The van der Waals surface area contributed by atoms with E-state index < -0.39 is 17.7 Å². The lowest BCUT2D eigenvalue weighted by atomic mass is 9.88. The molecule has 10 nitrogen and oxygen atoms in total. The van der Waals surface area contributed by atoms with E-state index in [2.05, 4.69) is 32.8 Å². The molecule has 0 bridgehead atoms. The number of fused-ring (bicyclic) bond motifs is 4. The van der Waals surface area contributed by atoms with Crippen LogP contribution < -0.4 is 4.74 Å². The highest BCUT2D eigenvalue weighted by molar-refractivity contribution is 6.30. The zero-order chi connectivity index (χ0) is 32.0. The second-order valence-electron chi connectivity index (χ2n) is 14.9. The van der Waals surface area contributed by atoms with Gasteiger partial charge in [-0.3, -0.25) is 19.6 Å². The van der Waals surface area contributed by atoms with Gasteiger partial charge in [0.25, 0.3) is 0 Å². The lowest BCUT2D eigenvalue weighted by molar-refractivity contribution is -0.138. The van der Waals surface area contributed by atoms with Gasteiger partial charge in [0.15, 0.2) is 0 Å². The van der Waals surface area contributed by atoms with Gasteiger partial charge in [-0.15, -0.1) is 0 Å². The number of imidazole rings is 1. The van der Waals surface area contributed by atoms with Crippen molar-refractivity contribution in [2.24, 2.45) is 5.41 Å². The predicted molar refractivity (Wildman–Crippen MR) is 172 cm³/mol. The van der Waals surface area contributed by atoms with Gasteiger partial charge >= 0.3 is 6.09 Å². The second kappa shape index (κ2) is 10.4. The molecule has 2 spiro atoms. The quantitative estimate of drug-likeness (QED) is 0.397. The maximum absolute atomic E-state index is 14.5. The number of hydrogen-bond acceptors (Lipinski definition) is 7. The first kappa shape index (κ1) is 29.8. The van der Waals surface area contributed by atoms with Crippen molar-refractivity contribution in [3.05, 3.63) is 76.6 Å². The van der Waals surface area contributed by atoms with Crippen LogP contribution in [0, 0.1) is 12.3 Å². The topological polar surface area (TPSA) is 93.0 Å². The van der Waals surface area contributed by atoms with E-state index in [9.17, 15) is 9.59 Å². The Morgan fingerprint density at radius 2 is 1.93 bits per heavy atom. The zero-order valence-electron chi connectivity index (χ0n) is 26.9. The molecular formula is C35H41ClN6O4. The third-order valence-electron chi connectivity index (χ3n) is 10.7. The number of ether oxygens (including phenoxy) is 2. The molecule has 5 aliphatic rings. The van der Waals surface area contributed by atoms with Crippen molar-refractivity contribution in [3.63, 3.8) is 0 Å². The SMILES string of the molecule is Cc1cn([C@H]2CC23CCN(C(=O)[C@H]2CN(C4CC45c4ccc(Cl)cc4OCc4cccnc45)CCN2C(=O)OC(C)(C)C)C3)cn1. The monoisotopic (exact) mass is 644 g/mol. The van der Waals surface area contributed by atoms with E-state index in [0.717, 1.165) is 47.5 Å². The van der Waals surface area contributed by atoms with Gasteiger partial charge in [0, 0.05) is 78.8 Å². The number of piperazine rings is 1. The van der Waals surface area contributed by atoms with Crippen LogP contribution in [0.25, 0.3) is 0 Å². The number of carbonyl (C=O) groups excluding carboxylic acids is 2. The molecule has 2 amide bonds. The number of hydrogen-bond donors (Lipinski definition) is 0. The molecular weight excluding hydrogens is 604 g/mol. The first-order valence-corrected chi connectivity index (χ1v) is 16.7. The third kappa shape index (κ3) is 4.87. The maximum Gasteiger partial charge on any atom is 0.411 e. The zero-order valence-corrected chi connectivity index (χ0v) is 27.7. The summed E-state index contributed by atoms with van der Waals surface area (Å²) in [6.07, 6.45) is 8.27. The van der Waals surface area contributed by atoms with Crippen LogP contribution in [0.15, 0.2) is 49.1 Å². The van der Waals surface area contributed by atoms with Crippen molar-refractivity contribution in [2.45, 2.75) is 82.7 Å². The van der Waals surface area contributed by atoms with E-state index in [1.54, 1.807) is 4.90 Å². The highest BCUT2D eigenvalue weighted by Gasteiger charge is 2.64. The van der Waals surface area contributed by atoms with Crippen LogP contribution in [0.5, 0.6) is 5.75 Å². The molecule has 3 aliphatic heterocycles. The minimum atomic E-state index is -0.662. The van der Waals surface area contributed by atoms with Crippen LogP contribution in [0.2, 0.25) is 5.02 Å². The minimum Gasteiger partial charge on any atom is -0.488 e. The molecule has 5 heterocycles. The Hall–Kier alpha value is -3.63. The van der Waals surface area contributed by atoms with Gasteiger partial charge in [0.2, 0.25) is 5.91 Å². The summed E-state index contributed by atoms with van der Waals surface area (Å²) in [5, 5.41) is 0.631. The van der Waals surface area contributed by atoms with Gasteiger partial charge in [-0.25, -0.2) is 9.78 Å². The molecule has 0 radical (unpaired) electrons. The molecule has 2 saturated carbocycles. The minimum absolute atomic E-state index is 0.00417. The Morgan fingerprint density at radius 3 is 2.72 bits per heavy atom. The molecule has 5 atom stereocenters. The predicted octanol–water partition coefficient (Wildman–Crippen LogP) is 4.98. The van der Waals surface area contributed by atoms with Crippen LogP contribution in [0.1, 0.15) is 68.6 Å². The molecule has 46 heavy (non-hydrogen) atoms. The Morgan fingerprint density at radius 1 is 1.09 bits per heavy atom. The standard InChI is InChI=1S/C35H41ClN6O4/c1-22-17-41(21-38-22)28-15-34(28)9-11-40(20-34)31(43)26-18-39(12-13-42(26)32(44)46-33(2,3)4)29-16-35(29)25-8-7-24(36)14-27(25)45-19-23-6-5-10-37-30(23)35/h5-8,10,14,17,21,26,28-29H,9,11-13,15-16,18-20H2,1-4H3/t26-,28+,29?,34?,35?/m1/s1. The number of carbonyl (C=O) groups is 2. The fourth-order valence-corrected chi connectivity index (χ4v) is 8.55. The number of benzene rings is 1. The van der Waals surface area contributed by atoms with E-state index in [1.807, 2.05) is 63.3 Å². The molecule has 3 unspecified atom stereocenters. The van der Waals surface area contributed by atoms with Crippen molar-refractivity contribution in [1.29, 1.82) is 0 Å². The average Bonchev–Trinajstić information content (AvgIpc) is 3.83. The molecule has 2 saturated heterocycles. The second-order valence-corrected chi connectivity index (χ2v) is 15.3. The third-order valence-corrected chi connectivity index (χ3v) is 11.0. The van der Waals surface area contributed by atoms with Gasteiger partial charge in [-0.1, -0.05) is 23.7 Å². The summed E-state index contributed by atoms with van der Waals surface area (Å²) in [5.41, 5.74) is 3.20. The summed E-state index contributed by atoms with van der Waals surface area (Å²) in [7, 11) is 0. The van der Waals surface area contributed by atoms with Gasteiger partial charge in [0.05, 0.1) is 23.1 Å². The molecule has 2 aliphatic carbocycles. The molecule has 11 heteroatoms. The maximum atomic E-state index is 14.5. The summed E-state index contributed by atoms with van der Waals surface area (Å²) in [6, 6.07) is 9.73. The van der Waals surface area contributed by atoms with Crippen molar-refractivity contribution < 1.29 is 19.1 Å². The number of likely N-dealkylation sites (tertiary alicyclic amines) is 1. The van der Waals surface area contributed by atoms with Crippen LogP contribution >= 0.6 is 11.6 Å². The number of amides is 2. The Bertz CT molecular complexity index is 1720. The number of nitrogens with zero attached hydrogens (tertiary/aromatic N) is 6. The van der Waals surface area contributed by atoms with E-state index in [4.69, 9.17) is 26.1 Å². The van der Waals surface area contributed by atoms with Crippen LogP contribution in [-0.4, -0.2) is 91.6 Å². The number of pyridine rings is 1. The van der Waals surface area contributed by atoms with E-state index >= 15 is 0 Å². The molecule has 3 aromatic rings. The Kier molecular flexibility index (Phi) is 6.75. The van der Waals surface area contributed by atoms with Gasteiger partial charge in [0.1, 0.15) is 24.0 Å². The lowest BCUT2D eigenvalue weighted by Crippen LogP contribution is -2.62. The van der Waals surface area contributed by atoms with Crippen LogP contribution in [0.4, 0.5) is 4.79 Å². The average molecular weight is 645 g/mol.